The first-order chi connectivity index (χ1) is 9.00. The van der Waals surface area contributed by atoms with Crippen molar-refractivity contribution in [1.82, 2.24) is 4.57 Å². The summed E-state index contributed by atoms with van der Waals surface area (Å²) in [5.74, 6) is 0. The Morgan fingerprint density at radius 3 is 2.26 bits per heavy atom. The summed E-state index contributed by atoms with van der Waals surface area (Å²) < 4.78 is 2.49. The van der Waals surface area contributed by atoms with Gasteiger partial charge < -0.3 is 4.57 Å². The minimum absolute atomic E-state index is 0.474. The van der Waals surface area contributed by atoms with Crippen LogP contribution in [-0.2, 0) is 0 Å². The zero-order valence-corrected chi connectivity index (χ0v) is 12.4. The largest absolute Gasteiger partial charge is 0.338 e. The molecule has 0 unspecified atom stereocenters. The van der Waals surface area contributed by atoms with Gasteiger partial charge in [-0.3, -0.25) is 0 Å². The number of aromatic nitrogens is 1. The Bertz CT molecular complexity index is 775. The molecule has 0 N–H and O–H groups in total. The minimum Gasteiger partial charge on any atom is -0.338 e. The van der Waals surface area contributed by atoms with Crippen LogP contribution in [0.25, 0.3) is 21.8 Å². The summed E-state index contributed by atoms with van der Waals surface area (Å²) in [6.45, 7) is 11.1. The molecule has 0 aliphatic heterocycles. The van der Waals surface area contributed by atoms with E-state index in [0.29, 0.717) is 6.04 Å². The van der Waals surface area contributed by atoms with Gasteiger partial charge in [0.25, 0.3) is 0 Å². The van der Waals surface area contributed by atoms with Gasteiger partial charge in [0.2, 0.25) is 0 Å². The molecule has 1 heterocycles. The summed E-state index contributed by atoms with van der Waals surface area (Å²) in [6.07, 6.45) is 0. The molecular weight excluding hydrogens is 230 g/mol. The summed E-state index contributed by atoms with van der Waals surface area (Å²) >= 11 is 0. The Morgan fingerprint density at radius 1 is 0.895 bits per heavy atom. The molecule has 0 aliphatic rings. The lowest BCUT2D eigenvalue weighted by atomic mass is 10.0. The van der Waals surface area contributed by atoms with Crippen LogP contribution in [0.1, 0.15) is 36.6 Å². The predicted octanol–water partition coefficient (Wildman–Crippen LogP) is 5.30. The highest BCUT2D eigenvalue weighted by molar-refractivity contribution is 6.09. The van der Waals surface area contributed by atoms with Crippen molar-refractivity contribution >= 4 is 21.8 Å². The summed E-state index contributed by atoms with van der Waals surface area (Å²) in [7, 11) is 0. The van der Waals surface area contributed by atoms with Crippen LogP contribution in [0.15, 0.2) is 30.3 Å². The Hall–Kier alpha value is -1.76. The van der Waals surface area contributed by atoms with E-state index < -0.39 is 0 Å². The van der Waals surface area contributed by atoms with E-state index in [2.05, 4.69) is 69.5 Å². The zero-order valence-electron chi connectivity index (χ0n) is 12.4. The monoisotopic (exact) mass is 251 g/mol. The molecule has 0 aliphatic carbocycles. The van der Waals surface area contributed by atoms with Crippen molar-refractivity contribution in [3.8, 4) is 0 Å². The van der Waals surface area contributed by atoms with Crippen molar-refractivity contribution < 1.29 is 0 Å². The van der Waals surface area contributed by atoms with Gasteiger partial charge >= 0.3 is 0 Å². The number of benzene rings is 2. The standard InChI is InChI=1S/C18H21N/c1-11(2)19-17-10-12(3)6-8-15(17)16-9-7-13(4)14(5)18(16)19/h6-11H,1-5H3. The quantitative estimate of drug-likeness (QED) is 0.553. The van der Waals surface area contributed by atoms with Gasteiger partial charge in [0, 0.05) is 22.3 Å². The fourth-order valence-electron chi connectivity index (χ4n) is 3.05. The molecule has 0 radical (unpaired) electrons. The Morgan fingerprint density at radius 2 is 1.58 bits per heavy atom. The smallest absolute Gasteiger partial charge is 0.0526 e. The first-order valence-corrected chi connectivity index (χ1v) is 7.01. The highest BCUT2D eigenvalue weighted by atomic mass is 15.0. The number of nitrogens with zero attached hydrogens (tertiary/aromatic N) is 1. The highest BCUT2D eigenvalue weighted by Crippen LogP contribution is 2.35. The van der Waals surface area contributed by atoms with Crippen LogP contribution in [0.4, 0.5) is 0 Å². The predicted molar refractivity (Wildman–Crippen MR) is 84.0 cm³/mol. The normalized spacial score (nSPS) is 11.9. The molecule has 1 heteroatoms. The summed E-state index contributed by atoms with van der Waals surface area (Å²) in [4.78, 5) is 0. The average molecular weight is 251 g/mol. The van der Waals surface area contributed by atoms with Crippen molar-refractivity contribution in [2.45, 2.75) is 40.7 Å². The molecule has 0 bridgehead atoms. The fraction of sp³-hybridized carbons (Fsp3) is 0.333. The van der Waals surface area contributed by atoms with Gasteiger partial charge in [-0.25, -0.2) is 0 Å². The van der Waals surface area contributed by atoms with Crippen LogP contribution in [-0.4, -0.2) is 4.57 Å². The molecule has 0 atom stereocenters. The van der Waals surface area contributed by atoms with Crippen molar-refractivity contribution in [2.24, 2.45) is 0 Å². The summed E-state index contributed by atoms with van der Waals surface area (Å²) in [5.41, 5.74) is 6.86. The van der Waals surface area contributed by atoms with E-state index in [9.17, 15) is 0 Å². The lowest BCUT2D eigenvalue weighted by Crippen LogP contribution is -2.01. The van der Waals surface area contributed by atoms with E-state index in [4.69, 9.17) is 0 Å². The summed E-state index contributed by atoms with van der Waals surface area (Å²) in [6, 6.07) is 11.8. The van der Waals surface area contributed by atoms with Gasteiger partial charge in [-0.05, 0) is 57.4 Å². The average Bonchev–Trinajstić information content (AvgIpc) is 2.68. The van der Waals surface area contributed by atoms with Gasteiger partial charge in [-0.2, -0.15) is 0 Å². The second kappa shape index (κ2) is 4.12. The third-order valence-electron chi connectivity index (χ3n) is 4.16. The molecule has 1 aromatic heterocycles. The van der Waals surface area contributed by atoms with Gasteiger partial charge in [0.1, 0.15) is 0 Å². The van der Waals surface area contributed by atoms with Gasteiger partial charge in [0.05, 0.1) is 5.52 Å². The number of aryl methyl sites for hydroxylation is 3. The Kier molecular flexibility index (Phi) is 2.67. The second-order valence-corrected chi connectivity index (χ2v) is 5.89. The molecule has 1 nitrogen and oxygen atoms in total. The van der Waals surface area contributed by atoms with Gasteiger partial charge in [-0.1, -0.05) is 24.3 Å². The fourth-order valence-corrected chi connectivity index (χ4v) is 3.05. The third-order valence-corrected chi connectivity index (χ3v) is 4.16. The zero-order chi connectivity index (χ0) is 13.7. The molecule has 98 valence electrons. The molecule has 0 saturated carbocycles. The first-order valence-electron chi connectivity index (χ1n) is 7.01. The molecule has 0 amide bonds. The van der Waals surface area contributed by atoms with Crippen LogP contribution in [0.2, 0.25) is 0 Å². The van der Waals surface area contributed by atoms with Gasteiger partial charge in [-0.15, -0.1) is 0 Å². The van der Waals surface area contributed by atoms with Crippen molar-refractivity contribution in [3.63, 3.8) is 0 Å². The number of hydrogen-bond donors (Lipinski definition) is 0. The maximum atomic E-state index is 2.49. The first kappa shape index (κ1) is 12.3. The van der Waals surface area contributed by atoms with E-state index in [1.165, 1.54) is 38.5 Å². The number of rotatable bonds is 1. The summed E-state index contributed by atoms with van der Waals surface area (Å²) in [5, 5.41) is 2.75. The SMILES string of the molecule is Cc1ccc2c3ccc(C)c(C)c3n(C(C)C)c2c1. The second-order valence-electron chi connectivity index (χ2n) is 5.89. The number of hydrogen-bond acceptors (Lipinski definition) is 0. The van der Waals surface area contributed by atoms with Crippen LogP contribution in [0.5, 0.6) is 0 Å². The minimum atomic E-state index is 0.474. The maximum Gasteiger partial charge on any atom is 0.0526 e. The number of fused-ring (bicyclic) bond motifs is 3. The van der Waals surface area contributed by atoms with Crippen molar-refractivity contribution in [2.75, 3.05) is 0 Å². The molecule has 0 spiro atoms. The molecule has 3 aromatic rings. The van der Waals surface area contributed by atoms with Crippen LogP contribution in [0.3, 0.4) is 0 Å². The topological polar surface area (TPSA) is 4.93 Å². The molecule has 19 heavy (non-hydrogen) atoms. The van der Waals surface area contributed by atoms with Crippen molar-refractivity contribution in [1.29, 1.82) is 0 Å². The van der Waals surface area contributed by atoms with E-state index >= 15 is 0 Å². The molecule has 2 aromatic carbocycles. The van der Waals surface area contributed by atoms with E-state index in [-0.39, 0.29) is 0 Å². The lowest BCUT2D eigenvalue weighted by molar-refractivity contribution is 0.641. The Labute approximate surface area is 114 Å². The van der Waals surface area contributed by atoms with E-state index in [1.54, 1.807) is 0 Å². The highest BCUT2D eigenvalue weighted by Gasteiger charge is 2.15. The molecule has 0 saturated heterocycles. The van der Waals surface area contributed by atoms with E-state index in [0.717, 1.165) is 0 Å². The van der Waals surface area contributed by atoms with E-state index in [1.807, 2.05) is 0 Å². The molecule has 0 fully saturated rings. The van der Waals surface area contributed by atoms with Crippen LogP contribution < -0.4 is 0 Å². The van der Waals surface area contributed by atoms with Crippen LogP contribution in [0, 0.1) is 20.8 Å². The molecular formula is C18H21N. The van der Waals surface area contributed by atoms with Crippen LogP contribution >= 0.6 is 0 Å². The lowest BCUT2D eigenvalue weighted by Gasteiger charge is -2.14. The molecule has 3 rings (SSSR count). The third kappa shape index (κ3) is 1.68. The maximum absolute atomic E-state index is 2.49. The Balaban J connectivity index is 2.62. The van der Waals surface area contributed by atoms with Crippen molar-refractivity contribution in [3.05, 3.63) is 47.0 Å². The van der Waals surface area contributed by atoms with Gasteiger partial charge in [0.15, 0.2) is 0 Å².